The average molecular weight is 371 g/mol. The number of rotatable bonds is 3. The van der Waals surface area contributed by atoms with Gasteiger partial charge in [0.15, 0.2) is 0 Å². The summed E-state index contributed by atoms with van der Waals surface area (Å²) in [5.74, 6) is 0. The molecule has 1 saturated heterocycles. The number of amides is 2. The third-order valence-electron chi connectivity index (χ3n) is 5.64. The minimum atomic E-state index is 0.00781. The number of hydrogen-bond donors (Lipinski definition) is 1. The minimum absolute atomic E-state index is 0.00781. The highest BCUT2D eigenvalue weighted by Crippen LogP contribution is 2.30. The number of nitrogens with zero attached hydrogens (tertiary/aromatic N) is 3. The molecule has 2 aliphatic heterocycles. The highest BCUT2D eigenvalue weighted by Gasteiger charge is 2.25. The number of thiophene rings is 1. The summed E-state index contributed by atoms with van der Waals surface area (Å²) >= 11 is 1.74. The highest BCUT2D eigenvalue weighted by atomic mass is 32.1. The van der Waals surface area contributed by atoms with Gasteiger partial charge in [-0.1, -0.05) is 6.07 Å². The van der Waals surface area contributed by atoms with Crippen LogP contribution in [0, 0.1) is 0 Å². The van der Waals surface area contributed by atoms with Crippen molar-refractivity contribution < 1.29 is 4.79 Å². The van der Waals surface area contributed by atoms with E-state index in [-0.39, 0.29) is 6.03 Å². The Morgan fingerprint density at radius 3 is 2.69 bits per heavy atom. The summed E-state index contributed by atoms with van der Waals surface area (Å²) in [5.41, 5.74) is 4.85. The van der Waals surface area contributed by atoms with Gasteiger partial charge >= 0.3 is 6.03 Å². The molecule has 1 N–H and O–H groups in total. The summed E-state index contributed by atoms with van der Waals surface area (Å²) in [6.07, 6.45) is 1.09. The lowest BCUT2D eigenvalue weighted by atomic mass is 10.1. The van der Waals surface area contributed by atoms with Crippen molar-refractivity contribution in [2.75, 3.05) is 50.0 Å². The van der Waals surface area contributed by atoms with E-state index in [1.807, 2.05) is 11.0 Å². The van der Waals surface area contributed by atoms with Crippen LogP contribution < -0.4 is 10.2 Å². The molecule has 0 aliphatic carbocycles. The van der Waals surface area contributed by atoms with Crippen LogP contribution in [0.2, 0.25) is 0 Å². The van der Waals surface area contributed by atoms with Crippen LogP contribution in [0.1, 0.15) is 24.1 Å². The molecule has 0 bridgehead atoms. The predicted octanol–water partition coefficient (Wildman–Crippen LogP) is 3.65. The second kappa shape index (κ2) is 7.29. The monoisotopic (exact) mass is 370 g/mol. The number of likely N-dealkylation sites (N-methyl/N-ethyl adjacent to an activating group) is 1. The molecule has 1 fully saturated rings. The molecule has 0 radical (unpaired) electrons. The topological polar surface area (TPSA) is 38.8 Å². The van der Waals surface area contributed by atoms with Crippen LogP contribution in [0.5, 0.6) is 0 Å². The molecule has 0 saturated carbocycles. The van der Waals surface area contributed by atoms with E-state index in [9.17, 15) is 4.79 Å². The number of urea groups is 1. The first kappa shape index (κ1) is 17.4. The fourth-order valence-electron chi connectivity index (χ4n) is 3.86. The zero-order valence-electron chi connectivity index (χ0n) is 15.4. The zero-order chi connectivity index (χ0) is 18.1. The zero-order valence-corrected chi connectivity index (χ0v) is 16.3. The van der Waals surface area contributed by atoms with Crippen LogP contribution in [-0.4, -0.2) is 55.6 Å². The Hall–Kier alpha value is -2.05. The first-order chi connectivity index (χ1) is 12.6. The summed E-state index contributed by atoms with van der Waals surface area (Å²) in [7, 11) is 2.10. The van der Waals surface area contributed by atoms with Gasteiger partial charge in [-0.25, -0.2) is 4.79 Å². The molecule has 3 heterocycles. The Balaban J connectivity index is 1.33. The van der Waals surface area contributed by atoms with Gasteiger partial charge in [0.2, 0.25) is 0 Å². The fraction of sp³-hybridized carbons (Fsp3) is 0.450. The SMILES string of the molecule is CC(c1ccsc1)N1CCN(C(=O)Nc2ccc3c(c2)N(C)CC3)CC1. The number of carbonyl (C=O) groups excluding carboxylic acids is 1. The van der Waals surface area contributed by atoms with Crippen molar-refractivity contribution in [3.63, 3.8) is 0 Å². The summed E-state index contributed by atoms with van der Waals surface area (Å²) in [6, 6.07) is 8.86. The molecule has 138 valence electrons. The van der Waals surface area contributed by atoms with E-state index in [0.717, 1.165) is 44.8 Å². The van der Waals surface area contributed by atoms with Gasteiger partial charge in [-0.05, 0) is 53.4 Å². The Kier molecular flexibility index (Phi) is 4.87. The maximum Gasteiger partial charge on any atom is 0.321 e. The maximum atomic E-state index is 12.6. The van der Waals surface area contributed by atoms with Crippen molar-refractivity contribution in [2.24, 2.45) is 0 Å². The third kappa shape index (κ3) is 3.44. The van der Waals surface area contributed by atoms with Crippen molar-refractivity contribution in [3.8, 4) is 0 Å². The van der Waals surface area contributed by atoms with Gasteiger partial charge < -0.3 is 15.1 Å². The van der Waals surface area contributed by atoms with E-state index < -0.39 is 0 Å². The van der Waals surface area contributed by atoms with Gasteiger partial charge in [-0.15, -0.1) is 0 Å². The molecule has 1 unspecified atom stereocenters. The number of carbonyl (C=O) groups is 1. The second-order valence-electron chi connectivity index (χ2n) is 7.20. The molecular weight excluding hydrogens is 344 g/mol. The number of fused-ring (bicyclic) bond motifs is 1. The Morgan fingerprint density at radius 2 is 1.96 bits per heavy atom. The lowest BCUT2D eigenvalue weighted by molar-refractivity contribution is 0.119. The second-order valence-corrected chi connectivity index (χ2v) is 7.98. The van der Waals surface area contributed by atoms with E-state index >= 15 is 0 Å². The van der Waals surface area contributed by atoms with Crippen molar-refractivity contribution >= 4 is 28.7 Å². The van der Waals surface area contributed by atoms with Crippen molar-refractivity contribution in [3.05, 3.63) is 46.2 Å². The Morgan fingerprint density at radius 1 is 1.15 bits per heavy atom. The Labute approximate surface area is 159 Å². The predicted molar refractivity (Wildman–Crippen MR) is 108 cm³/mol. The summed E-state index contributed by atoms with van der Waals surface area (Å²) in [4.78, 5) is 19.3. The van der Waals surface area contributed by atoms with Gasteiger partial charge in [-0.3, -0.25) is 4.90 Å². The number of piperazine rings is 1. The van der Waals surface area contributed by atoms with E-state index in [2.05, 4.69) is 58.0 Å². The molecule has 26 heavy (non-hydrogen) atoms. The number of nitrogens with one attached hydrogen (secondary N) is 1. The molecule has 1 atom stereocenters. The lowest BCUT2D eigenvalue weighted by Crippen LogP contribution is -2.50. The molecule has 1 aromatic heterocycles. The molecule has 2 aliphatic rings. The molecule has 2 amide bonds. The van der Waals surface area contributed by atoms with E-state index in [1.165, 1.54) is 16.8 Å². The van der Waals surface area contributed by atoms with Crippen molar-refractivity contribution in [1.82, 2.24) is 9.80 Å². The maximum absolute atomic E-state index is 12.6. The normalized spacial score (nSPS) is 18.7. The quantitative estimate of drug-likeness (QED) is 0.896. The van der Waals surface area contributed by atoms with E-state index in [0.29, 0.717) is 6.04 Å². The van der Waals surface area contributed by atoms with Crippen molar-refractivity contribution in [1.29, 1.82) is 0 Å². The average Bonchev–Trinajstić information content (AvgIpc) is 3.32. The number of benzene rings is 1. The van der Waals surface area contributed by atoms with Gasteiger partial charge in [0.1, 0.15) is 0 Å². The highest BCUT2D eigenvalue weighted by molar-refractivity contribution is 7.07. The van der Waals surface area contributed by atoms with E-state index in [1.54, 1.807) is 11.3 Å². The van der Waals surface area contributed by atoms with Gasteiger partial charge in [0, 0.05) is 57.2 Å². The van der Waals surface area contributed by atoms with E-state index in [4.69, 9.17) is 0 Å². The first-order valence-electron chi connectivity index (χ1n) is 9.28. The molecule has 0 spiro atoms. The third-order valence-corrected chi connectivity index (χ3v) is 6.34. The molecule has 1 aromatic carbocycles. The van der Waals surface area contributed by atoms with Gasteiger partial charge in [-0.2, -0.15) is 11.3 Å². The van der Waals surface area contributed by atoms with Gasteiger partial charge in [0.25, 0.3) is 0 Å². The van der Waals surface area contributed by atoms with Crippen LogP contribution in [0.3, 0.4) is 0 Å². The molecule has 4 rings (SSSR count). The summed E-state index contributed by atoms with van der Waals surface area (Å²) < 4.78 is 0. The standard InChI is InChI=1S/C20H26N4OS/c1-15(17-6-12-26-14-17)23-8-10-24(11-9-23)20(25)21-18-4-3-16-5-7-22(2)19(16)13-18/h3-4,6,12-15H,5,7-11H2,1-2H3,(H,21,25). The smallest absolute Gasteiger partial charge is 0.321 e. The minimum Gasteiger partial charge on any atom is -0.374 e. The van der Waals surface area contributed by atoms with Crippen LogP contribution in [0.25, 0.3) is 0 Å². The molecular formula is C20H26N4OS. The van der Waals surface area contributed by atoms with Crippen LogP contribution >= 0.6 is 11.3 Å². The van der Waals surface area contributed by atoms with Gasteiger partial charge in [0.05, 0.1) is 0 Å². The first-order valence-corrected chi connectivity index (χ1v) is 10.2. The molecule has 5 nitrogen and oxygen atoms in total. The summed E-state index contributed by atoms with van der Waals surface area (Å²) in [5, 5.41) is 7.42. The van der Waals surface area contributed by atoms with Crippen LogP contribution in [0.4, 0.5) is 16.2 Å². The number of anilines is 2. The Bertz CT molecular complexity index is 768. The lowest BCUT2D eigenvalue weighted by Gasteiger charge is -2.37. The largest absolute Gasteiger partial charge is 0.374 e. The molecule has 6 heteroatoms. The summed E-state index contributed by atoms with van der Waals surface area (Å²) in [6.45, 7) is 6.67. The van der Waals surface area contributed by atoms with Crippen LogP contribution in [0.15, 0.2) is 35.0 Å². The number of hydrogen-bond acceptors (Lipinski definition) is 4. The fourth-order valence-corrected chi connectivity index (χ4v) is 4.60. The van der Waals surface area contributed by atoms with Crippen molar-refractivity contribution in [2.45, 2.75) is 19.4 Å². The molecule has 2 aromatic rings. The van der Waals surface area contributed by atoms with Crippen LogP contribution in [-0.2, 0) is 6.42 Å².